The molecule has 0 saturated carbocycles. The highest BCUT2D eigenvalue weighted by Crippen LogP contribution is 2.41. The lowest BCUT2D eigenvalue weighted by Gasteiger charge is -2.36. The van der Waals surface area contributed by atoms with Crippen LogP contribution in [0.25, 0.3) is 11.0 Å². The van der Waals surface area contributed by atoms with Gasteiger partial charge in [-0.1, -0.05) is 32.0 Å². The maximum atomic E-state index is 13.7. The van der Waals surface area contributed by atoms with Crippen LogP contribution in [-0.4, -0.2) is 58.8 Å². The number of hydrogen-bond acceptors (Lipinski definition) is 4. The molecule has 1 aromatic heterocycles. The number of carboxylic acid groups (broad SMARTS) is 1. The number of benzene rings is 2. The molecule has 1 aliphatic rings. The van der Waals surface area contributed by atoms with Gasteiger partial charge in [0.2, 0.25) is 0 Å². The third-order valence-corrected chi connectivity index (χ3v) is 7.68. The van der Waals surface area contributed by atoms with E-state index in [0.29, 0.717) is 25.5 Å². The summed E-state index contributed by atoms with van der Waals surface area (Å²) in [6, 6.07) is 13.1. The van der Waals surface area contributed by atoms with Crippen LogP contribution in [-0.2, 0) is 22.4 Å². The standard InChI is InChI=1S/C30H40FN3O3/c1-20(2)29-22(12-11-21-18-23(31)13-14-24(21)29)19-37-27(30(35)36)15-17-34(3)16-7-6-10-28-32-25-8-4-5-9-26(25)33-28/h4-5,8-9,13-14,18,20,22,27,29H,6-7,10-12,15-17,19H2,1-3H3,(H,32,33)(H,35,36)/t22?,27-,29-/m0/s1. The van der Waals surface area contributed by atoms with Crippen molar-refractivity contribution in [3.8, 4) is 0 Å². The van der Waals surface area contributed by atoms with E-state index in [1.54, 1.807) is 6.07 Å². The molecule has 3 atom stereocenters. The Balaban J connectivity index is 1.21. The van der Waals surface area contributed by atoms with E-state index in [1.807, 2.05) is 37.4 Å². The minimum absolute atomic E-state index is 0.194. The Morgan fingerprint density at radius 3 is 2.78 bits per heavy atom. The number of H-pyrrole nitrogens is 1. The maximum Gasteiger partial charge on any atom is 0.332 e. The fourth-order valence-corrected chi connectivity index (χ4v) is 5.75. The molecule has 37 heavy (non-hydrogen) atoms. The molecule has 0 fully saturated rings. The topological polar surface area (TPSA) is 78.5 Å². The van der Waals surface area contributed by atoms with Crippen LogP contribution in [0, 0.1) is 17.7 Å². The zero-order valence-electron chi connectivity index (χ0n) is 22.3. The van der Waals surface area contributed by atoms with Crippen molar-refractivity contribution < 1.29 is 19.0 Å². The third kappa shape index (κ3) is 7.17. The molecule has 2 N–H and O–H groups in total. The fraction of sp³-hybridized carbons (Fsp3) is 0.533. The van der Waals surface area contributed by atoms with Gasteiger partial charge in [0.15, 0.2) is 6.10 Å². The van der Waals surface area contributed by atoms with Crippen LogP contribution in [0.2, 0.25) is 0 Å². The number of aliphatic carboxylic acids is 1. The van der Waals surface area contributed by atoms with Crippen molar-refractivity contribution in [2.75, 3.05) is 26.7 Å². The van der Waals surface area contributed by atoms with Crippen LogP contribution in [0.5, 0.6) is 0 Å². The van der Waals surface area contributed by atoms with Crippen LogP contribution in [0.3, 0.4) is 0 Å². The Morgan fingerprint density at radius 1 is 1.22 bits per heavy atom. The second kappa shape index (κ2) is 12.7. The summed E-state index contributed by atoms with van der Waals surface area (Å²) in [7, 11) is 2.03. The normalized spacial score (nSPS) is 18.4. The number of para-hydroxylation sites is 2. The van der Waals surface area contributed by atoms with Gasteiger partial charge in [0.25, 0.3) is 0 Å². The molecule has 3 aromatic rings. The molecule has 2 aromatic carbocycles. The summed E-state index contributed by atoms with van der Waals surface area (Å²) in [6.07, 6.45) is 4.26. The molecule has 200 valence electrons. The summed E-state index contributed by atoms with van der Waals surface area (Å²) in [4.78, 5) is 22.1. The van der Waals surface area contributed by atoms with E-state index in [1.165, 1.54) is 11.6 Å². The van der Waals surface area contributed by atoms with Crippen molar-refractivity contribution in [3.63, 3.8) is 0 Å². The summed E-state index contributed by atoms with van der Waals surface area (Å²) in [5.74, 6) is 0.757. The van der Waals surface area contributed by atoms with E-state index in [9.17, 15) is 14.3 Å². The minimum atomic E-state index is -0.905. The zero-order valence-corrected chi connectivity index (χ0v) is 22.3. The molecule has 0 radical (unpaired) electrons. The second-order valence-corrected chi connectivity index (χ2v) is 10.8. The number of nitrogens with one attached hydrogen (secondary N) is 1. The van der Waals surface area contributed by atoms with Gasteiger partial charge in [0.05, 0.1) is 17.6 Å². The van der Waals surface area contributed by atoms with Crippen molar-refractivity contribution in [1.82, 2.24) is 14.9 Å². The Hall–Kier alpha value is -2.77. The van der Waals surface area contributed by atoms with E-state index >= 15 is 0 Å². The Kier molecular flexibility index (Phi) is 9.33. The number of ether oxygens (including phenoxy) is 1. The van der Waals surface area contributed by atoms with Crippen molar-refractivity contribution in [2.24, 2.45) is 11.8 Å². The van der Waals surface area contributed by atoms with Crippen molar-refractivity contribution in [1.29, 1.82) is 0 Å². The summed E-state index contributed by atoms with van der Waals surface area (Å²) < 4.78 is 19.7. The molecule has 0 amide bonds. The lowest BCUT2D eigenvalue weighted by Crippen LogP contribution is -2.34. The summed E-state index contributed by atoms with van der Waals surface area (Å²) in [5, 5.41) is 9.78. The molecule has 1 heterocycles. The van der Waals surface area contributed by atoms with Crippen molar-refractivity contribution in [3.05, 3.63) is 65.2 Å². The Labute approximate surface area is 219 Å². The van der Waals surface area contributed by atoms with Crippen LogP contribution >= 0.6 is 0 Å². The molecule has 6 nitrogen and oxygen atoms in total. The second-order valence-electron chi connectivity index (χ2n) is 10.8. The lowest BCUT2D eigenvalue weighted by molar-refractivity contribution is -0.152. The van der Waals surface area contributed by atoms with Gasteiger partial charge in [-0.15, -0.1) is 0 Å². The average molecular weight is 510 g/mol. The van der Waals surface area contributed by atoms with Gasteiger partial charge in [0.1, 0.15) is 11.6 Å². The number of rotatable bonds is 13. The monoisotopic (exact) mass is 509 g/mol. The number of hydrogen-bond donors (Lipinski definition) is 2. The van der Waals surface area contributed by atoms with Crippen LogP contribution in [0.15, 0.2) is 42.5 Å². The van der Waals surface area contributed by atoms with Gasteiger partial charge >= 0.3 is 5.97 Å². The van der Waals surface area contributed by atoms with E-state index < -0.39 is 12.1 Å². The van der Waals surface area contributed by atoms with Gasteiger partial charge < -0.3 is 19.7 Å². The molecule has 1 aliphatic carbocycles. The molecule has 0 bridgehead atoms. The molecule has 7 heteroatoms. The smallest absolute Gasteiger partial charge is 0.332 e. The number of aromatic nitrogens is 2. The maximum absolute atomic E-state index is 13.7. The Bertz CT molecular complexity index is 1140. The Morgan fingerprint density at radius 2 is 2.03 bits per heavy atom. The largest absolute Gasteiger partial charge is 0.479 e. The number of aryl methyl sites for hydroxylation is 2. The zero-order chi connectivity index (χ0) is 26.4. The number of aromatic amines is 1. The van der Waals surface area contributed by atoms with Gasteiger partial charge in [-0.25, -0.2) is 14.2 Å². The molecule has 1 unspecified atom stereocenters. The first-order valence-corrected chi connectivity index (χ1v) is 13.6. The number of nitrogens with zero attached hydrogens (tertiary/aromatic N) is 2. The van der Waals surface area contributed by atoms with Crippen LogP contribution in [0.1, 0.15) is 62.4 Å². The van der Waals surface area contributed by atoms with Gasteiger partial charge in [0, 0.05) is 13.0 Å². The number of imidazole rings is 1. The molecular formula is C30H40FN3O3. The van der Waals surface area contributed by atoms with Crippen molar-refractivity contribution >= 4 is 17.0 Å². The lowest BCUT2D eigenvalue weighted by atomic mass is 9.70. The molecule has 0 aliphatic heterocycles. The van der Waals surface area contributed by atoms with E-state index in [4.69, 9.17) is 4.74 Å². The predicted octanol–water partition coefficient (Wildman–Crippen LogP) is 5.82. The molecule has 4 rings (SSSR count). The summed E-state index contributed by atoms with van der Waals surface area (Å²) in [6.45, 7) is 6.33. The number of fused-ring (bicyclic) bond motifs is 2. The molecule has 0 saturated heterocycles. The van der Waals surface area contributed by atoms with Crippen LogP contribution in [0.4, 0.5) is 4.39 Å². The number of unbranched alkanes of at least 4 members (excludes halogenated alkanes) is 1. The number of carbonyl (C=O) groups is 1. The van der Waals surface area contributed by atoms with E-state index in [-0.39, 0.29) is 17.7 Å². The number of halogens is 1. The first-order chi connectivity index (χ1) is 17.8. The minimum Gasteiger partial charge on any atom is -0.479 e. The first-order valence-electron chi connectivity index (χ1n) is 13.6. The quantitative estimate of drug-likeness (QED) is 0.284. The highest BCUT2D eigenvalue weighted by molar-refractivity contribution is 5.74. The molecule has 0 spiro atoms. The summed E-state index contributed by atoms with van der Waals surface area (Å²) >= 11 is 0. The van der Waals surface area contributed by atoms with Crippen LogP contribution < -0.4 is 0 Å². The SMILES string of the molecule is CC(C)[C@@H]1c2ccc(F)cc2CCC1CO[C@@H](CCN(C)CCCCc1nc2ccccc2[nH]1)C(=O)O. The van der Waals surface area contributed by atoms with E-state index in [2.05, 4.69) is 28.7 Å². The first kappa shape index (κ1) is 27.3. The van der Waals surface area contributed by atoms with Crippen molar-refractivity contribution in [2.45, 2.75) is 64.4 Å². The fourth-order valence-electron chi connectivity index (χ4n) is 5.75. The number of carboxylic acids is 1. The van der Waals surface area contributed by atoms with Gasteiger partial charge in [-0.05, 0) is 98.8 Å². The highest BCUT2D eigenvalue weighted by Gasteiger charge is 2.33. The van der Waals surface area contributed by atoms with Gasteiger partial charge in [-0.2, -0.15) is 0 Å². The van der Waals surface area contributed by atoms with Gasteiger partial charge in [-0.3, -0.25) is 0 Å². The highest BCUT2D eigenvalue weighted by atomic mass is 19.1. The third-order valence-electron chi connectivity index (χ3n) is 7.68. The molecular weight excluding hydrogens is 469 g/mol. The average Bonchev–Trinajstić information content (AvgIpc) is 3.28. The van der Waals surface area contributed by atoms with E-state index in [0.717, 1.165) is 61.1 Å². The summed E-state index contributed by atoms with van der Waals surface area (Å²) in [5.41, 5.74) is 4.33. The predicted molar refractivity (Wildman–Crippen MR) is 144 cm³/mol.